The van der Waals surface area contributed by atoms with Crippen LogP contribution in [-0.4, -0.2) is 17.1 Å². The van der Waals surface area contributed by atoms with Crippen LogP contribution in [0.1, 0.15) is 25.5 Å². The predicted octanol–water partition coefficient (Wildman–Crippen LogP) is 2.76. The van der Waals surface area contributed by atoms with E-state index in [4.69, 9.17) is 4.74 Å². The van der Waals surface area contributed by atoms with Gasteiger partial charge in [0, 0.05) is 5.39 Å². The second-order valence-electron chi connectivity index (χ2n) is 3.77. The molecule has 0 unspecified atom stereocenters. The van der Waals surface area contributed by atoms with Gasteiger partial charge in [-0.15, -0.1) is 0 Å². The lowest BCUT2D eigenvalue weighted by Gasteiger charge is -2.09. The van der Waals surface area contributed by atoms with Crippen LogP contribution in [-0.2, 0) is 0 Å². The number of benzene rings is 1. The highest BCUT2D eigenvalue weighted by Gasteiger charge is 2.10. The summed E-state index contributed by atoms with van der Waals surface area (Å²) >= 11 is 0. The minimum absolute atomic E-state index is 0.367. The van der Waals surface area contributed by atoms with Gasteiger partial charge in [0.05, 0.1) is 18.3 Å². The summed E-state index contributed by atoms with van der Waals surface area (Å²) < 4.78 is 5.09. The van der Waals surface area contributed by atoms with Crippen molar-refractivity contribution in [2.24, 2.45) is 0 Å². The average molecular weight is 202 g/mol. The first kappa shape index (κ1) is 9.90. The van der Waals surface area contributed by atoms with E-state index in [9.17, 15) is 0 Å². The zero-order valence-corrected chi connectivity index (χ0v) is 9.19. The highest BCUT2D eigenvalue weighted by Crippen LogP contribution is 2.24. The first-order valence-corrected chi connectivity index (χ1v) is 5.03. The Hall–Kier alpha value is -1.64. The Bertz CT molecular complexity index is 480. The van der Waals surface area contributed by atoms with Gasteiger partial charge in [0.1, 0.15) is 0 Å². The molecule has 15 heavy (non-hydrogen) atoms. The number of para-hydroxylation sites is 1. The standard InChI is InChI=1S/C12H14N2O/c1-8(2)11-9-6-4-5-7-10(9)13-12(14-11)15-3/h4-8H,1-3H3. The number of hydrogen-bond acceptors (Lipinski definition) is 3. The minimum Gasteiger partial charge on any atom is -0.467 e. The molecule has 0 bridgehead atoms. The van der Waals surface area contributed by atoms with E-state index in [1.54, 1.807) is 7.11 Å². The Kier molecular flexibility index (Phi) is 2.54. The zero-order chi connectivity index (χ0) is 10.8. The smallest absolute Gasteiger partial charge is 0.316 e. The molecule has 0 aliphatic heterocycles. The van der Waals surface area contributed by atoms with E-state index >= 15 is 0 Å². The first-order valence-electron chi connectivity index (χ1n) is 5.03. The van der Waals surface area contributed by atoms with E-state index in [-0.39, 0.29) is 0 Å². The Morgan fingerprint density at radius 2 is 1.87 bits per heavy atom. The number of ether oxygens (including phenoxy) is 1. The van der Waals surface area contributed by atoms with Crippen LogP contribution in [0.3, 0.4) is 0 Å². The molecule has 3 nitrogen and oxygen atoms in total. The molecule has 2 aromatic rings. The lowest BCUT2D eigenvalue weighted by Crippen LogP contribution is -2.00. The molecule has 0 atom stereocenters. The molecule has 1 heterocycles. The van der Waals surface area contributed by atoms with Gasteiger partial charge in [0.25, 0.3) is 0 Å². The van der Waals surface area contributed by atoms with Crippen molar-refractivity contribution < 1.29 is 4.74 Å². The van der Waals surface area contributed by atoms with Crippen LogP contribution in [0.15, 0.2) is 24.3 Å². The zero-order valence-electron chi connectivity index (χ0n) is 9.19. The molecule has 0 amide bonds. The van der Waals surface area contributed by atoms with Crippen molar-refractivity contribution in [2.45, 2.75) is 19.8 Å². The molecule has 0 aliphatic rings. The van der Waals surface area contributed by atoms with Crippen molar-refractivity contribution >= 4 is 10.9 Å². The Balaban J connectivity index is 2.74. The molecule has 0 fully saturated rings. The number of rotatable bonds is 2. The number of hydrogen-bond donors (Lipinski definition) is 0. The maximum Gasteiger partial charge on any atom is 0.316 e. The Labute approximate surface area is 89.1 Å². The van der Waals surface area contributed by atoms with E-state index in [1.807, 2.05) is 24.3 Å². The summed E-state index contributed by atoms with van der Waals surface area (Å²) in [6.07, 6.45) is 0. The molecule has 0 spiro atoms. The third-order valence-electron chi connectivity index (χ3n) is 2.34. The summed E-state index contributed by atoms with van der Waals surface area (Å²) in [5.74, 6) is 0.367. The van der Waals surface area contributed by atoms with Gasteiger partial charge < -0.3 is 4.74 Å². The fraction of sp³-hybridized carbons (Fsp3) is 0.333. The predicted molar refractivity (Wildman–Crippen MR) is 60.2 cm³/mol. The van der Waals surface area contributed by atoms with E-state index < -0.39 is 0 Å². The van der Waals surface area contributed by atoms with Gasteiger partial charge >= 0.3 is 6.01 Å². The van der Waals surface area contributed by atoms with Crippen molar-refractivity contribution in [1.29, 1.82) is 0 Å². The number of fused-ring (bicyclic) bond motifs is 1. The molecule has 2 rings (SSSR count). The molecule has 0 aliphatic carbocycles. The van der Waals surface area contributed by atoms with Crippen LogP contribution in [0.5, 0.6) is 6.01 Å². The summed E-state index contributed by atoms with van der Waals surface area (Å²) in [5.41, 5.74) is 1.98. The Morgan fingerprint density at radius 3 is 2.53 bits per heavy atom. The van der Waals surface area contributed by atoms with Gasteiger partial charge in [0.2, 0.25) is 0 Å². The number of aromatic nitrogens is 2. The van der Waals surface area contributed by atoms with Gasteiger partial charge in [-0.05, 0) is 12.0 Å². The van der Waals surface area contributed by atoms with Crippen molar-refractivity contribution in [3.05, 3.63) is 30.0 Å². The minimum atomic E-state index is 0.367. The number of methoxy groups -OCH3 is 1. The van der Waals surface area contributed by atoms with Crippen LogP contribution in [0.2, 0.25) is 0 Å². The van der Waals surface area contributed by atoms with E-state index in [0.717, 1.165) is 16.6 Å². The van der Waals surface area contributed by atoms with Gasteiger partial charge in [-0.2, -0.15) is 9.97 Å². The monoisotopic (exact) mass is 202 g/mol. The maximum atomic E-state index is 5.09. The average Bonchev–Trinajstić information content (AvgIpc) is 2.27. The third-order valence-corrected chi connectivity index (χ3v) is 2.34. The molecule has 0 saturated carbocycles. The first-order chi connectivity index (χ1) is 7.22. The van der Waals surface area contributed by atoms with Gasteiger partial charge in [0.15, 0.2) is 0 Å². The summed E-state index contributed by atoms with van der Waals surface area (Å²) in [4.78, 5) is 8.69. The van der Waals surface area contributed by atoms with Crippen molar-refractivity contribution in [2.75, 3.05) is 7.11 Å². The molecule has 0 saturated heterocycles. The lowest BCUT2D eigenvalue weighted by atomic mass is 10.1. The molecule has 1 aromatic heterocycles. The normalized spacial score (nSPS) is 10.9. The Morgan fingerprint density at radius 1 is 1.13 bits per heavy atom. The second kappa shape index (κ2) is 3.85. The third kappa shape index (κ3) is 1.77. The van der Waals surface area contributed by atoms with E-state index in [0.29, 0.717) is 11.9 Å². The highest BCUT2D eigenvalue weighted by atomic mass is 16.5. The molecule has 3 heteroatoms. The molecular weight excluding hydrogens is 188 g/mol. The quantitative estimate of drug-likeness (QED) is 0.751. The van der Waals surface area contributed by atoms with Crippen LogP contribution < -0.4 is 4.74 Å². The molecule has 0 radical (unpaired) electrons. The summed E-state index contributed by atoms with van der Waals surface area (Å²) in [7, 11) is 1.59. The van der Waals surface area contributed by atoms with Crippen LogP contribution >= 0.6 is 0 Å². The summed E-state index contributed by atoms with van der Waals surface area (Å²) in [5, 5.41) is 1.10. The largest absolute Gasteiger partial charge is 0.467 e. The van der Waals surface area contributed by atoms with Crippen molar-refractivity contribution in [3.8, 4) is 6.01 Å². The van der Waals surface area contributed by atoms with Crippen LogP contribution in [0.4, 0.5) is 0 Å². The lowest BCUT2D eigenvalue weighted by molar-refractivity contribution is 0.379. The highest BCUT2D eigenvalue weighted by molar-refractivity contribution is 5.81. The van der Waals surface area contributed by atoms with Crippen LogP contribution in [0, 0.1) is 0 Å². The molecule has 78 valence electrons. The molecule has 0 N–H and O–H groups in total. The molecular formula is C12H14N2O. The van der Waals surface area contributed by atoms with Gasteiger partial charge in [-0.25, -0.2) is 0 Å². The van der Waals surface area contributed by atoms with E-state index in [1.165, 1.54) is 0 Å². The maximum absolute atomic E-state index is 5.09. The van der Waals surface area contributed by atoms with E-state index in [2.05, 4.69) is 23.8 Å². The number of nitrogens with zero attached hydrogens (tertiary/aromatic N) is 2. The van der Waals surface area contributed by atoms with Crippen molar-refractivity contribution in [3.63, 3.8) is 0 Å². The van der Waals surface area contributed by atoms with Crippen molar-refractivity contribution in [1.82, 2.24) is 9.97 Å². The van der Waals surface area contributed by atoms with Crippen LogP contribution in [0.25, 0.3) is 10.9 Å². The second-order valence-corrected chi connectivity index (χ2v) is 3.77. The van der Waals surface area contributed by atoms with Gasteiger partial charge in [-0.1, -0.05) is 32.0 Å². The summed E-state index contributed by atoms with van der Waals surface area (Å²) in [6, 6.07) is 8.44. The molecule has 1 aromatic carbocycles. The van der Waals surface area contributed by atoms with Gasteiger partial charge in [-0.3, -0.25) is 0 Å². The summed E-state index contributed by atoms with van der Waals surface area (Å²) in [6.45, 7) is 4.24. The topological polar surface area (TPSA) is 35.0 Å². The fourth-order valence-electron chi connectivity index (χ4n) is 1.61. The SMILES string of the molecule is COc1nc(C(C)C)c2ccccc2n1. The fourth-order valence-corrected chi connectivity index (χ4v) is 1.61.